The molecule has 0 spiro atoms. The van der Waals surface area contributed by atoms with Crippen LogP contribution >= 0.6 is 0 Å². The van der Waals surface area contributed by atoms with Gasteiger partial charge in [-0.1, -0.05) is 0 Å². The zero-order chi connectivity index (χ0) is 14.7. The minimum Gasteiger partial charge on any atom is -0.497 e. The van der Waals surface area contributed by atoms with Crippen molar-refractivity contribution in [3.63, 3.8) is 0 Å². The second-order valence-corrected chi connectivity index (χ2v) is 4.57. The molecule has 5 nitrogen and oxygen atoms in total. The Labute approximate surface area is 118 Å². The van der Waals surface area contributed by atoms with Crippen molar-refractivity contribution in [3.8, 4) is 5.75 Å². The zero-order valence-corrected chi connectivity index (χ0v) is 12.0. The quantitative estimate of drug-likeness (QED) is 0.791. The Morgan fingerprint density at radius 3 is 2.75 bits per heavy atom. The van der Waals surface area contributed by atoms with E-state index in [1.54, 1.807) is 25.0 Å². The van der Waals surface area contributed by atoms with Gasteiger partial charge in [-0.3, -0.25) is 9.59 Å². The third kappa shape index (κ3) is 2.48. The van der Waals surface area contributed by atoms with E-state index < -0.39 is 5.92 Å². The normalized spacial score (nSPS) is 17.6. The standard InChI is InChI=1S/C15H19NO4/c1-4-16-13-7-6-10(19-3)8-11(13)12(9-14(16)17)15(18)20-5-2/h6-8,12H,4-5,9H2,1-3H3. The first-order valence-electron chi connectivity index (χ1n) is 6.77. The van der Waals surface area contributed by atoms with Crippen molar-refractivity contribution in [1.82, 2.24) is 0 Å². The van der Waals surface area contributed by atoms with E-state index in [1.807, 2.05) is 19.1 Å². The highest BCUT2D eigenvalue weighted by molar-refractivity contribution is 6.01. The predicted octanol–water partition coefficient (Wildman–Crippen LogP) is 2.10. The van der Waals surface area contributed by atoms with Crippen LogP contribution in [-0.2, 0) is 14.3 Å². The Morgan fingerprint density at radius 1 is 1.40 bits per heavy atom. The average Bonchev–Trinajstić information content (AvgIpc) is 2.46. The van der Waals surface area contributed by atoms with Gasteiger partial charge in [0.15, 0.2) is 0 Å². The van der Waals surface area contributed by atoms with Crippen molar-refractivity contribution in [2.24, 2.45) is 0 Å². The molecule has 1 unspecified atom stereocenters. The summed E-state index contributed by atoms with van der Waals surface area (Å²) in [5.74, 6) is -0.284. The van der Waals surface area contributed by atoms with Gasteiger partial charge in [-0.25, -0.2) is 0 Å². The number of ether oxygens (including phenoxy) is 2. The van der Waals surface area contributed by atoms with E-state index in [4.69, 9.17) is 9.47 Å². The number of carbonyl (C=O) groups is 2. The number of esters is 1. The number of hydrogen-bond donors (Lipinski definition) is 0. The molecule has 1 aliphatic heterocycles. The fourth-order valence-corrected chi connectivity index (χ4v) is 2.51. The van der Waals surface area contributed by atoms with Gasteiger partial charge in [-0.2, -0.15) is 0 Å². The van der Waals surface area contributed by atoms with E-state index in [1.165, 1.54) is 0 Å². The summed E-state index contributed by atoms with van der Waals surface area (Å²) >= 11 is 0. The number of hydrogen-bond acceptors (Lipinski definition) is 4. The van der Waals surface area contributed by atoms with Crippen LogP contribution in [-0.4, -0.2) is 32.1 Å². The van der Waals surface area contributed by atoms with Gasteiger partial charge in [0.05, 0.1) is 19.6 Å². The van der Waals surface area contributed by atoms with Crippen molar-refractivity contribution >= 4 is 17.6 Å². The first-order valence-corrected chi connectivity index (χ1v) is 6.77. The molecule has 108 valence electrons. The molecule has 1 aromatic carbocycles. The van der Waals surface area contributed by atoms with Crippen LogP contribution in [0.3, 0.4) is 0 Å². The van der Waals surface area contributed by atoms with E-state index >= 15 is 0 Å². The molecule has 0 aliphatic carbocycles. The summed E-state index contributed by atoms with van der Waals surface area (Å²) < 4.78 is 10.3. The smallest absolute Gasteiger partial charge is 0.314 e. The summed E-state index contributed by atoms with van der Waals surface area (Å²) in [5, 5.41) is 0. The third-order valence-corrected chi connectivity index (χ3v) is 3.47. The van der Waals surface area contributed by atoms with Gasteiger partial charge in [0.2, 0.25) is 5.91 Å². The number of amides is 1. The summed E-state index contributed by atoms with van der Waals surface area (Å²) in [7, 11) is 1.58. The highest BCUT2D eigenvalue weighted by atomic mass is 16.5. The molecule has 0 bridgehead atoms. The fourth-order valence-electron chi connectivity index (χ4n) is 2.51. The second-order valence-electron chi connectivity index (χ2n) is 4.57. The van der Waals surface area contributed by atoms with Crippen molar-refractivity contribution in [3.05, 3.63) is 23.8 Å². The van der Waals surface area contributed by atoms with Crippen LogP contribution < -0.4 is 9.64 Å². The summed E-state index contributed by atoms with van der Waals surface area (Å²) in [6.07, 6.45) is 0.146. The van der Waals surface area contributed by atoms with Gasteiger partial charge in [-0.05, 0) is 37.6 Å². The van der Waals surface area contributed by atoms with Crippen LogP contribution in [0.4, 0.5) is 5.69 Å². The number of nitrogens with zero attached hydrogens (tertiary/aromatic N) is 1. The van der Waals surface area contributed by atoms with Gasteiger partial charge in [0.1, 0.15) is 5.75 Å². The number of rotatable bonds is 4. The average molecular weight is 277 g/mol. The molecule has 1 amide bonds. The van der Waals surface area contributed by atoms with Crippen LogP contribution in [0.1, 0.15) is 31.7 Å². The maximum atomic E-state index is 12.1. The zero-order valence-electron chi connectivity index (χ0n) is 12.0. The molecule has 1 heterocycles. The Kier molecular flexibility index (Phi) is 4.27. The Balaban J connectivity index is 2.48. The number of benzene rings is 1. The topological polar surface area (TPSA) is 55.8 Å². The molecular weight excluding hydrogens is 258 g/mol. The summed E-state index contributed by atoms with van der Waals surface area (Å²) in [6, 6.07) is 5.43. The summed E-state index contributed by atoms with van der Waals surface area (Å²) in [6.45, 7) is 4.55. The summed E-state index contributed by atoms with van der Waals surface area (Å²) in [5.41, 5.74) is 1.56. The Bertz CT molecular complexity index is 527. The third-order valence-electron chi connectivity index (χ3n) is 3.47. The Morgan fingerprint density at radius 2 is 2.15 bits per heavy atom. The molecule has 0 N–H and O–H groups in total. The Hall–Kier alpha value is -2.04. The number of carbonyl (C=O) groups excluding carboxylic acids is 2. The van der Waals surface area contributed by atoms with Gasteiger partial charge < -0.3 is 14.4 Å². The van der Waals surface area contributed by atoms with Crippen LogP contribution in [0, 0.1) is 0 Å². The highest BCUT2D eigenvalue weighted by Crippen LogP contribution is 2.38. The molecule has 2 rings (SSSR count). The van der Waals surface area contributed by atoms with E-state index in [0.717, 1.165) is 11.3 Å². The van der Waals surface area contributed by atoms with Crippen LogP contribution in [0.5, 0.6) is 5.75 Å². The number of methoxy groups -OCH3 is 1. The molecule has 1 atom stereocenters. The second kappa shape index (κ2) is 5.94. The summed E-state index contributed by atoms with van der Waals surface area (Å²) in [4.78, 5) is 25.9. The number of fused-ring (bicyclic) bond motifs is 1. The van der Waals surface area contributed by atoms with E-state index in [9.17, 15) is 9.59 Å². The van der Waals surface area contributed by atoms with Gasteiger partial charge in [-0.15, -0.1) is 0 Å². The van der Waals surface area contributed by atoms with E-state index in [0.29, 0.717) is 18.9 Å². The van der Waals surface area contributed by atoms with Crippen LogP contribution in [0.2, 0.25) is 0 Å². The molecular formula is C15H19NO4. The fraction of sp³-hybridized carbons (Fsp3) is 0.467. The molecule has 0 saturated heterocycles. The lowest BCUT2D eigenvalue weighted by Crippen LogP contribution is -2.38. The van der Waals surface area contributed by atoms with Gasteiger partial charge >= 0.3 is 5.97 Å². The highest BCUT2D eigenvalue weighted by Gasteiger charge is 2.35. The monoisotopic (exact) mass is 277 g/mol. The maximum Gasteiger partial charge on any atom is 0.314 e. The minimum atomic E-state index is -0.546. The SMILES string of the molecule is CCOC(=O)C1CC(=O)N(CC)c2ccc(OC)cc21. The van der Waals surface area contributed by atoms with Crippen LogP contribution in [0.25, 0.3) is 0 Å². The van der Waals surface area contributed by atoms with Crippen molar-refractivity contribution in [2.75, 3.05) is 25.2 Å². The minimum absolute atomic E-state index is 0.0526. The first-order chi connectivity index (χ1) is 9.62. The van der Waals surface area contributed by atoms with E-state index in [-0.39, 0.29) is 18.3 Å². The molecule has 1 aromatic rings. The van der Waals surface area contributed by atoms with E-state index in [2.05, 4.69) is 0 Å². The molecule has 0 aromatic heterocycles. The van der Waals surface area contributed by atoms with Crippen LogP contribution in [0.15, 0.2) is 18.2 Å². The van der Waals surface area contributed by atoms with Gasteiger partial charge in [0.25, 0.3) is 0 Å². The lowest BCUT2D eigenvalue weighted by Gasteiger charge is -2.32. The number of anilines is 1. The van der Waals surface area contributed by atoms with Gasteiger partial charge in [0, 0.05) is 18.7 Å². The molecule has 0 radical (unpaired) electrons. The molecule has 20 heavy (non-hydrogen) atoms. The lowest BCUT2D eigenvalue weighted by molar-refractivity contribution is -0.146. The molecule has 1 aliphatic rings. The molecule has 5 heteroatoms. The van der Waals surface area contributed by atoms with Crippen molar-refractivity contribution < 1.29 is 19.1 Å². The largest absolute Gasteiger partial charge is 0.497 e. The molecule has 0 fully saturated rings. The molecule has 0 saturated carbocycles. The maximum absolute atomic E-state index is 12.1. The lowest BCUT2D eigenvalue weighted by atomic mass is 9.89. The predicted molar refractivity (Wildman–Crippen MR) is 75.0 cm³/mol. The first kappa shape index (κ1) is 14.4. The van der Waals surface area contributed by atoms with Crippen molar-refractivity contribution in [1.29, 1.82) is 0 Å². The van der Waals surface area contributed by atoms with Crippen molar-refractivity contribution in [2.45, 2.75) is 26.2 Å².